The molecule has 2 nitrogen and oxygen atoms in total. The van der Waals surface area contributed by atoms with Crippen molar-refractivity contribution in [1.29, 1.82) is 0 Å². The van der Waals surface area contributed by atoms with Gasteiger partial charge in [0.2, 0.25) is 0 Å². The average molecular weight is 244 g/mol. The Morgan fingerprint density at radius 1 is 1.50 bits per heavy atom. The van der Waals surface area contributed by atoms with E-state index in [9.17, 15) is 4.21 Å². The second-order valence-corrected chi connectivity index (χ2v) is 6.79. The lowest BCUT2D eigenvalue weighted by Gasteiger charge is -2.05. The quantitative estimate of drug-likeness (QED) is 0.577. The van der Waals surface area contributed by atoms with Crippen LogP contribution in [0.5, 0.6) is 0 Å². The van der Waals surface area contributed by atoms with E-state index in [0.29, 0.717) is 15.4 Å². The highest BCUT2D eigenvalue weighted by Gasteiger charge is 2.06. The fourth-order valence-electron chi connectivity index (χ4n) is 1.06. The van der Waals surface area contributed by atoms with Crippen LogP contribution < -0.4 is 0 Å². The van der Waals surface area contributed by atoms with E-state index in [1.54, 1.807) is 12.1 Å². The van der Waals surface area contributed by atoms with Crippen LogP contribution in [0.15, 0.2) is 41.8 Å². The molecule has 1 aromatic carbocycles. The molecule has 0 saturated carbocycles. The van der Waals surface area contributed by atoms with E-state index >= 15 is 0 Å². The number of rotatable bonds is 4. The summed E-state index contributed by atoms with van der Waals surface area (Å²) in [6, 6.07) is 7.30. The van der Waals surface area contributed by atoms with Gasteiger partial charge < -0.3 is 3.87 Å². The topological polar surface area (TPSA) is 26.3 Å². The molecule has 1 atom stereocenters. The normalized spacial score (nSPS) is 14.9. The molecule has 0 aliphatic heterocycles. The van der Waals surface area contributed by atoms with E-state index in [0.717, 1.165) is 12.0 Å². The minimum atomic E-state index is -2.66. The first kappa shape index (κ1) is 11.6. The predicted molar refractivity (Wildman–Crippen MR) is 65.1 cm³/mol. The van der Waals surface area contributed by atoms with Gasteiger partial charge in [0.05, 0.1) is 4.90 Å². The van der Waals surface area contributed by atoms with Gasteiger partial charge in [-0.2, -0.15) is 0 Å². The predicted octanol–water partition coefficient (Wildman–Crippen LogP) is 0.732. The van der Waals surface area contributed by atoms with Crippen molar-refractivity contribution in [3.8, 4) is 0 Å². The highest BCUT2D eigenvalue weighted by atomic mass is 32.8. The van der Waals surface area contributed by atoms with E-state index in [1.807, 2.05) is 18.2 Å². The molecule has 1 unspecified atom stereocenters. The van der Waals surface area contributed by atoms with Crippen LogP contribution in [0, 0.1) is 0 Å². The standard InChI is InChI=1S/C9H12O2S2Si/c1-2-3-8-4-6-9(7-5-8)13(10,12)11-14/h2,4-7H,1,3H2,14H3. The van der Waals surface area contributed by atoms with Gasteiger partial charge in [-0.1, -0.05) is 18.2 Å². The monoisotopic (exact) mass is 244 g/mol. The zero-order valence-electron chi connectivity index (χ0n) is 7.93. The SMILES string of the molecule is C=CCc1ccc(S(=O)(=S)O[SiH3])cc1. The van der Waals surface area contributed by atoms with E-state index < -0.39 is 8.77 Å². The van der Waals surface area contributed by atoms with Gasteiger partial charge in [0.15, 0.2) is 19.3 Å². The molecule has 14 heavy (non-hydrogen) atoms. The molecule has 0 heterocycles. The van der Waals surface area contributed by atoms with Crippen molar-refractivity contribution in [3.05, 3.63) is 42.5 Å². The van der Waals surface area contributed by atoms with Gasteiger partial charge in [-0.05, 0) is 24.1 Å². The molecule has 0 aliphatic carbocycles. The lowest BCUT2D eigenvalue weighted by Crippen LogP contribution is -2.01. The van der Waals surface area contributed by atoms with Crippen molar-refractivity contribution >= 4 is 30.4 Å². The molecular weight excluding hydrogens is 232 g/mol. The fraction of sp³-hybridized carbons (Fsp3) is 0.111. The molecule has 76 valence electrons. The van der Waals surface area contributed by atoms with Gasteiger partial charge in [-0.15, -0.1) is 6.58 Å². The lowest BCUT2D eigenvalue weighted by atomic mass is 10.2. The summed E-state index contributed by atoms with van der Waals surface area (Å²) < 4.78 is 16.5. The molecule has 0 saturated heterocycles. The molecule has 0 aromatic heterocycles. The molecule has 0 aliphatic rings. The average Bonchev–Trinajstić information content (AvgIpc) is 2.19. The Kier molecular flexibility index (Phi) is 4.00. The summed E-state index contributed by atoms with van der Waals surface area (Å²) in [6.45, 7) is 3.65. The number of hydrogen-bond acceptors (Lipinski definition) is 3. The van der Waals surface area contributed by atoms with E-state index in [2.05, 4.69) is 6.58 Å². The molecule has 0 amide bonds. The second kappa shape index (κ2) is 4.84. The third-order valence-electron chi connectivity index (χ3n) is 1.81. The molecule has 1 rings (SSSR count). The van der Waals surface area contributed by atoms with Crippen LogP contribution in [-0.2, 0) is 30.3 Å². The molecule has 1 aromatic rings. The van der Waals surface area contributed by atoms with Crippen molar-refractivity contribution in [2.24, 2.45) is 0 Å². The zero-order chi connectivity index (χ0) is 10.6. The van der Waals surface area contributed by atoms with Crippen molar-refractivity contribution in [2.45, 2.75) is 11.3 Å². The van der Waals surface area contributed by atoms with E-state index in [4.69, 9.17) is 15.1 Å². The maximum Gasteiger partial charge on any atom is 0.169 e. The van der Waals surface area contributed by atoms with Gasteiger partial charge in [0.1, 0.15) is 0 Å². The largest absolute Gasteiger partial charge is 0.343 e. The smallest absolute Gasteiger partial charge is 0.169 e. The summed E-state index contributed by atoms with van der Waals surface area (Å²) >= 11 is 4.84. The second-order valence-electron chi connectivity index (χ2n) is 2.76. The number of benzene rings is 1. The van der Waals surface area contributed by atoms with Gasteiger partial charge >= 0.3 is 0 Å². The summed E-state index contributed by atoms with van der Waals surface area (Å²) in [7, 11) is -2.27. The summed E-state index contributed by atoms with van der Waals surface area (Å²) in [5.74, 6) is 0. The minimum absolute atomic E-state index is 0.386. The van der Waals surface area contributed by atoms with Crippen LogP contribution in [0.3, 0.4) is 0 Å². The van der Waals surface area contributed by atoms with Crippen molar-refractivity contribution in [3.63, 3.8) is 0 Å². The maximum absolute atomic E-state index is 11.6. The van der Waals surface area contributed by atoms with Crippen molar-refractivity contribution in [1.82, 2.24) is 0 Å². The van der Waals surface area contributed by atoms with Gasteiger partial charge in [-0.25, -0.2) is 4.21 Å². The third-order valence-corrected chi connectivity index (χ3v) is 6.22. The van der Waals surface area contributed by atoms with Gasteiger partial charge in [0.25, 0.3) is 0 Å². The molecule has 0 N–H and O–H groups in total. The van der Waals surface area contributed by atoms with Crippen molar-refractivity contribution < 1.29 is 8.08 Å². The summed E-state index contributed by atoms with van der Waals surface area (Å²) in [6.07, 6.45) is 2.63. The van der Waals surface area contributed by atoms with Gasteiger partial charge in [0, 0.05) is 11.2 Å². The Bertz CT molecular complexity index is 409. The van der Waals surface area contributed by atoms with Crippen LogP contribution >= 0.6 is 0 Å². The Morgan fingerprint density at radius 3 is 2.50 bits per heavy atom. The molecule has 5 heteroatoms. The zero-order valence-corrected chi connectivity index (χ0v) is 11.6. The van der Waals surface area contributed by atoms with Crippen LogP contribution in [0.1, 0.15) is 5.56 Å². The van der Waals surface area contributed by atoms with Crippen LogP contribution in [0.25, 0.3) is 0 Å². The molecule has 0 spiro atoms. The number of hydrogen-bond donors (Lipinski definition) is 0. The Hall–Kier alpha value is -0.493. The van der Waals surface area contributed by atoms with E-state index in [-0.39, 0.29) is 0 Å². The fourth-order valence-corrected chi connectivity index (χ4v) is 2.63. The van der Waals surface area contributed by atoms with Crippen LogP contribution in [0.4, 0.5) is 0 Å². The Morgan fingerprint density at radius 2 is 2.07 bits per heavy atom. The number of allylic oxidation sites excluding steroid dienone is 1. The maximum atomic E-state index is 11.6. The molecule has 0 bridgehead atoms. The van der Waals surface area contributed by atoms with Gasteiger partial charge in [-0.3, -0.25) is 0 Å². The first-order valence-corrected chi connectivity index (χ1v) is 7.33. The summed E-state index contributed by atoms with van der Waals surface area (Å²) in [5.41, 5.74) is 1.13. The summed E-state index contributed by atoms with van der Waals surface area (Å²) in [4.78, 5) is 0.579. The minimum Gasteiger partial charge on any atom is -0.343 e. The molecular formula is C9H12O2S2Si. The first-order chi connectivity index (χ1) is 6.60. The van der Waals surface area contributed by atoms with Crippen molar-refractivity contribution in [2.75, 3.05) is 0 Å². The molecule has 0 fully saturated rings. The third kappa shape index (κ3) is 2.75. The van der Waals surface area contributed by atoms with Crippen LogP contribution in [-0.4, -0.2) is 14.7 Å². The highest BCUT2D eigenvalue weighted by molar-refractivity contribution is 8.30. The lowest BCUT2D eigenvalue weighted by molar-refractivity contribution is 0.593. The first-order valence-electron chi connectivity index (χ1n) is 4.10. The van der Waals surface area contributed by atoms with Crippen LogP contribution in [0.2, 0.25) is 0 Å². The Balaban J connectivity index is 3.00. The highest BCUT2D eigenvalue weighted by Crippen LogP contribution is 2.13. The van der Waals surface area contributed by atoms with E-state index in [1.165, 1.54) is 0 Å². The summed E-state index contributed by atoms with van der Waals surface area (Å²) in [5, 5.41) is 0. The Labute approximate surface area is 92.4 Å². The molecule has 0 radical (unpaired) electrons.